The fraction of sp³-hybridized carbons (Fsp3) is 0.269. The third-order valence-electron chi connectivity index (χ3n) is 5.00. The summed E-state index contributed by atoms with van der Waals surface area (Å²) in [5, 5.41) is 3.84. The molecule has 0 saturated heterocycles. The number of methoxy groups -OCH3 is 1. The number of carbonyl (C=O) groups is 1. The second-order valence-electron chi connectivity index (χ2n) is 7.83. The molecule has 31 heavy (non-hydrogen) atoms. The van der Waals surface area contributed by atoms with Gasteiger partial charge in [0.2, 0.25) is 0 Å². The summed E-state index contributed by atoms with van der Waals surface area (Å²) in [4.78, 5) is 12.9. The molecule has 3 aromatic carbocycles. The molecule has 1 unspecified atom stereocenters. The van der Waals surface area contributed by atoms with Crippen molar-refractivity contribution in [1.82, 2.24) is 5.32 Å². The van der Waals surface area contributed by atoms with Crippen LogP contribution in [0.1, 0.15) is 47.8 Å². The van der Waals surface area contributed by atoms with Gasteiger partial charge in [-0.3, -0.25) is 4.79 Å². The average Bonchev–Trinajstić information content (AvgIpc) is 2.78. The summed E-state index contributed by atoms with van der Waals surface area (Å²) in [5.41, 5.74) is 2.57. The molecule has 1 N–H and O–H groups in total. The van der Waals surface area contributed by atoms with Gasteiger partial charge in [0.25, 0.3) is 5.91 Å². The normalized spacial score (nSPS) is 11.8. The van der Waals surface area contributed by atoms with Crippen LogP contribution in [0.25, 0.3) is 0 Å². The van der Waals surface area contributed by atoms with Crippen LogP contribution in [-0.2, 0) is 6.61 Å². The third kappa shape index (κ3) is 6.50. The lowest BCUT2D eigenvalue weighted by molar-refractivity contribution is 0.0932. The first-order chi connectivity index (χ1) is 15.0. The van der Waals surface area contributed by atoms with Crippen LogP contribution >= 0.6 is 11.6 Å². The van der Waals surface area contributed by atoms with E-state index in [2.05, 4.69) is 19.2 Å². The second-order valence-corrected chi connectivity index (χ2v) is 8.24. The number of carbonyl (C=O) groups excluding carboxylic acids is 1. The van der Waals surface area contributed by atoms with Gasteiger partial charge in [0.15, 0.2) is 0 Å². The van der Waals surface area contributed by atoms with Crippen LogP contribution in [0.5, 0.6) is 11.5 Å². The summed E-state index contributed by atoms with van der Waals surface area (Å²) < 4.78 is 11.0. The van der Waals surface area contributed by atoms with E-state index in [1.807, 2.05) is 48.5 Å². The number of hydrogen-bond donors (Lipinski definition) is 1. The van der Waals surface area contributed by atoms with Crippen LogP contribution in [0.3, 0.4) is 0 Å². The number of hydrogen-bond acceptors (Lipinski definition) is 3. The Kier molecular flexibility index (Phi) is 7.96. The molecule has 0 spiro atoms. The number of rotatable bonds is 9. The molecule has 0 heterocycles. The highest BCUT2D eigenvalue weighted by molar-refractivity contribution is 6.31. The quantitative estimate of drug-likeness (QED) is 0.418. The number of benzene rings is 3. The molecule has 162 valence electrons. The van der Waals surface area contributed by atoms with Crippen LogP contribution < -0.4 is 14.8 Å². The third-order valence-corrected chi connectivity index (χ3v) is 5.37. The minimum atomic E-state index is -0.112. The van der Waals surface area contributed by atoms with Gasteiger partial charge in [0.05, 0.1) is 13.2 Å². The molecule has 1 amide bonds. The Morgan fingerprint density at radius 1 is 0.935 bits per heavy atom. The molecule has 1 atom stereocenters. The van der Waals surface area contributed by atoms with Gasteiger partial charge in [0, 0.05) is 16.1 Å². The van der Waals surface area contributed by atoms with Crippen LogP contribution in [0, 0.1) is 5.92 Å². The molecular weight excluding hydrogens is 410 g/mol. The molecule has 3 rings (SSSR count). The van der Waals surface area contributed by atoms with Crippen molar-refractivity contribution in [2.45, 2.75) is 32.9 Å². The van der Waals surface area contributed by atoms with Crippen molar-refractivity contribution in [3.8, 4) is 11.5 Å². The van der Waals surface area contributed by atoms with Gasteiger partial charge in [-0.1, -0.05) is 55.8 Å². The van der Waals surface area contributed by atoms with E-state index in [0.717, 1.165) is 23.3 Å². The zero-order valence-corrected chi connectivity index (χ0v) is 18.9. The number of amides is 1. The molecular formula is C26H28ClNO3. The van der Waals surface area contributed by atoms with Crippen LogP contribution in [-0.4, -0.2) is 13.0 Å². The smallest absolute Gasteiger partial charge is 0.251 e. The predicted molar refractivity (Wildman–Crippen MR) is 125 cm³/mol. The van der Waals surface area contributed by atoms with E-state index in [1.54, 1.807) is 31.4 Å². The minimum absolute atomic E-state index is 0.0745. The molecule has 0 aliphatic heterocycles. The van der Waals surface area contributed by atoms with E-state index in [0.29, 0.717) is 28.9 Å². The Hall–Kier alpha value is -2.98. The lowest BCUT2D eigenvalue weighted by Crippen LogP contribution is -2.29. The number of ether oxygens (including phenoxy) is 2. The monoisotopic (exact) mass is 437 g/mol. The molecule has 0 aromatic heterocycles. The van der Waals surface area contributed by atoms with Crippen molar-refractivity contribution < 1.29 is 14.3 Å². The number of nitrogens with one attached hydrogen (secondary N) is 1. The summed E-state index contributed by atoms with van der Waals surface area (Å²) in [6.07, 6.45) is 0.844. The predicted octanol–water partition coefficient (Wildman–Crippen LogP) is 6.44. The molecule has 0 aliphatic carbocycles. The fourth-order valence-corrected chi connectivity index (χ4v) is 3.50. The first-order valence-electron chi connectivity index (χ1n) is 10.4. The zero-order valence-electron chi connectivity index (χ0n) is 18.1. The van der Waals surface area contributed by atoms with Crippen molar-refractivity contribution >= 4 is 17.5 Å². The Balaban J connectivity index is 1.65. The first kappa shape index (κ1) is 22.7. The van der Waals surface area contributed by atoms with Crippen molar-refractivity contribution in [2.24, 2.45) is 5.92 Å². The van der Waals surface area contributed by atoms with Crippen LogP contribution in [0.15, 0.2) is 72.8 Å². The molecule has 0 aliphatic rings. The van der Waals surface area contributed by atoms with Gasteiger partial charge in [-0.05, 0) is 60.4 Å². The summed E-state index contributed by atoms with van der Waals surface area (Å²) in [7, 11) is 1.64. The fourth-order valence-electron chi connectivity index (χ4n) is 3.31. The first-order valence-corrected chi connectivity index (χ1v) is 10.7. The standard InChI is InChI=1S/C26H28ClNO3/c1-18(2)16-25(19-8-12-22(30-3)13-9-19)28-26(29)20-10-14-23(15-11-20)31-17-21-6-4-5-7-24(21)27/h4-15,18,25H,16-17H2,1-3H3,(H,28,29). The largest absolute Gasteiger partial charge is 0.497 e. The minimum Gasteiger partial charge on any atom is -0.497 e. The van der Waals surface area contributed by atoms with Gasteiger partial charge >= 0.3 is 0 Å². The maximum absolute atomic E-state index is 12.9. The topological polar surface area (TPSA) is 47.6 Å². The van der Waals surface area contributed by atoms with E-state index in [4.69, 9.17) is 21.1 Å². The maximum Gasteiger partial charge on any atom is 0.251 e. The van der Waals surface area contributed by atoms with Crippen molar-refractivity contribution in [3.63, 3.8) is 0 Å². The SMILES string of the molecule is COc1ccc(C(CC(C)C)NC(=O)c2ccc(OCc3ccccc3Cl)cc2)cc1. The molecule has 0 bridgehead atoms. The summed E-state index contributed by atoms with van der Waals surface area (Å²) in [6, 6.07) is 22.5. The lowest BCUT2D eigenvalue weighted by Gasteiger charge is -2.21. The van der Waals surface area contributed by atoms with E-state index in [9.17, 15) is 4.79 Å². The molecule has 5 heteroatoms. The molecule has 0 saturated carbocycles. The summed E-state index contributed by atoms with van der Waals surface area (Å²) in [5.74, 6) is 1.81. The number of halogens is 1. The Bertz CT molecular complexity index is 984. The van der Waals surface area contributed by atoms with Crippen molar-refractivity contribution in [3.05, 3.63) is 94.5 Å². The second kappa shape index (κ2) is 10.9. The van der Waals surface area contributed by atoms with Crippen LogP contribution in [0.2, 0.25) is 5.02 Å². The summed E-state index contributed by atoms with van der Waals surface area (Å²) in [6.45, 7) is 4.67. The van der Waals surface area contributed by atoms with Gasteiger partial charge in [-0.25, -0.2) is 0 Å². The zero-order chi connectivity index (χ0) is 22.2. The van der Waals surface area contributed by atoms with E-state index < -0.39 is 0 Å². The van der Waals surface area contributed by atoms with Crippen LogP contribution in [0.4, 0.5) is 0 Å². The molecule has 4 nitrogen and oxygen atoms in total. The van der Waals surface area contributed by atoms with E-state index >= 15 is 0 Å². The highest BCUT2D eigenvalue weighted by Crippen LogP contribution is 2.25. The molecule has 0 radical (unpaired) electrons. The summed E-state index contributed by atoms with van der Waals surface area (Å²) >= 11 is 6.17. The van der Waals surface area contributed by atoms with E-state index in [1.165, 1.54) is 0 Å². The molecule has 0 fully saturated rings. The maximum atomic E-state index is 12.9. The Morgan fingerprint density at radius 3 is 2.19 bits per heavy atom. The van der Waals surface area contributed by atoms with Crippen molar-refractivity contribution in [1.29, 1.82) is 0 Å². The highest BCUT2D eigenvalue weighted by atomic mass is 35.5. The Morgan fingerprint density at radius 2 is 1.58 bits per heavy atom. The lowest BCUT2D eigenvalue weighted by atomic mass is 9.96. The van der Waals surface area contributed by atoms with Gasteiger partial charge in [0.1, 0.15) is 18.1 Å². The van der Waals surface area contributed by atoms with Gasteiger partial charge in [-0.15, -0.1) is 0 Å². The van der Waals surface area contributed by atoms with E-state index in [-0.39, 0.29) is 11.9 Å². The van der Waals surface area contributed by atoms with Gasteiger partial charge < -0.3 is 14.8 Å². The van der Waals surface area contributed by atoms with Crippen molar-refractivity contribution in [2.75, 3.05) is 7.11 Å². The van der Waals surface area contributed by atoms with Gasteiger partial charge in [-0.2, -0.15) is 0 Å². The Labute approximate surface area is 189 Å². The molecule has 3 aromatic rings. The highest BCUT2D eigenvalue weighted by Gasteiger charge is 2.17. The average molecular weight is 438 g/mol.